The van der Waals surface area contributed by atoms with Crippen LogP contribution in [0.15, 0.2) is 59.9 Å². The van der Waals surface area contributed by atoms with E-state index in [0.29, 0.717) is 0 Å². The highest BCUT2D eigenvalue weighted by molar-refractivity contribution is 6.07. The molecule has 0 spiro atoms. The van der Waals surface area contributed by atoms with Gasteiger partial charge >= 0.3 is 0 Å². The van der Waals surface area contributed by atoms with Crippen molar-refractivity contribution in [1.82, 2.24) is 30.5 Å². The van der Waals surface area contributed by atoms with Gasteiger partial charge in [-0.2, -0.15) is 0 Å². The summed E-state index contributed by atoms with van der Waals surface area (Å²) < 4.78 is 0. The molecule has 6 rings (SSSR count). The second-order valence-corrected chi connectivity index (χ2v) is 8.86. The number of pyridine rings is 2. The van der Waals surface area contributed by atoms with Crippen molar-refractivity contribution in [2.45, 2.75) is 31.8 Å². The van der Waals surface area contributed by atoms with Gasteiger partial charge in [-0.15, -0.1) is 0 Å². The SMILES string of the molecule is c1cnc2c(c1)CCCC2N(CCNC1=NCCN1)Cc1nccc2c1[nH]c1ccccc12. The maximum atomic E-state index is 4.83. The lowest BCUT2D eigenvalue weighted by Gasteiger charge is -2.35. The van der Waals surface area contributed by atoms with E-state index in [9.17, 15) is 0 Å². The van der Waals surface area contributed by atoms with Crippen LogP contribution in [-0.4, -0.2) is 52.0 Å². The van der Waals surface area contributed by atoms with Crippen molar-refractivity contribution in [2.75, 3.05) is 26.2 Å². The molecular weight excluding hydrogens is 410 g/mol. The summed E-state index contributed by atoms with van der Waals surface area (Å²) in [6, 6.07) is 15.2. The zero-order chi connectivity index (χ0) is 22.0. The van der Waals surface area contributed by atoms with E-state index in [0.717, 1.165) is 68.3 Å². The highest BCUT2D eigenvalue weighted by Crippen LogP contribution is 2.34. The summed E-state index contributed by atoms with van der Waals surface area (Å²) in [6.07, 6.45) is 7.29. The molecule has 3 N–H and O–H groups in total. The van der Waals surface area contributed by atoms with Crippen molar-refractivity contribution < 1.29 is 0 Å². The van der Waals surface area contributed by atoms with Gasteiger partial charge in [0.25, 0.3) is 0 Å². The van der Waals surface area contributed by atoms with Gasteiger partial charge in [0, 0.05) is 54.9 Å². The molecule has 0 radical (unpaired) electrons. The predicted molar refractivity (Wildman–Crippen MR) is 132 cm³/mol. The molecule has 7 nitrogen and oxygen atoms in total. The maximum absolute atomic E-state index is 4.83. The van der Waals surface area contributed by atoms with Crippen molar-refractivity contribution in [2.24, 2.45) is 4.99 Å². The number of benzene rings is 1. The van der Waals surface area contributed by atoms with Gasteiger partial charge in [0.05, 0.1) is 29.5 Å². The quantitative estimate of drug-likeness (QED) is 0.428. The van der Waals surface area contributed by atoms with E-state index < -0.39 is 0 Å². The Balaban J connectivity index is 1.33. The monoisotopic (exact) mass is 439 g/mol. The normalized spacial score (nSPS) is 17.8. The Labute approximate surface area is 193 Å². The van der Waals surface area contributed by atoms with E-state index in [4.69, 9.17) is 9.97 Å². The minimum Gasteiger partial charge on any atom is -0.355 e. The first kappa shape index (κ1) is 20.2. The molecule has 168 valence electrons. The van der Waals surface area contributed by atoms with E-state index in [2.05, 4.69) is 68.0 Å². The van der Waals surface area contributed by atoms with Gasteiger partial charge in [-0.25, -0.2) is 0 Å². The number of hydrogen-bond donors (Lipinski definition) is 3. The van der Waals surface area contributed by atoms with Crippen molar-refractivity contribution in [1.29, 1.82) is 0 Å². The number of aliphatic imine (C=N–C) groups is 1. The van der Waals surface area contributed by atoms with Crippen LogP contribution in [0.5, 0.6) is 0 Å². The summed E-state index contributed by atoms with van der Waals surface area (Å²) in [6.45, 7) is 4.25. The first-order valence-corrected chi connectivity index (χ1v) is 11.9. The van der Waals surface area contributed by atoms with Gasteiger partial charge < -0.3 is 15.6 Å². The zero-order valence-corrected chi connectivity index (χ0v) is 18.7. The lowest BCUT2D eigenvalue weighted by molar-refractivity contribution is 0.167. The van der Waals surface area contributed by atoms with Gasteiger partial charge in [0.1, 0.15) is 0 Å². The molecule has 0 saturated heterocycles. The van der Waals surface area contributed by atoms with Crippen LogP contribution in [0.1, 0.15) is 35.8 Å². The van der Waals surface area contributed by atoms with Crippen LogP contribution in [0, 0.1) is 0 Å². The summed E-state index contributed by atoms with van der Waals surface area (Å²) in [5, 5.41) is 9.26. The summed E-state index contributed by atoms with van der Waals surface area (Å²) in [5.41, 5.74) is 5.98. The second-order valence-electron chi connectivity index (χ2n) is 8.86. The number of nitrogens with zero attached hydrogens (tertiary/aromatic N) is 4. The molecule has 3 aromatic heterocycles. The summed E-state index contributed by atoms with van der Waals surface area (Å²) in [5.74, 6) is 0.910. The van der Waals surface area contributed by atoms with Crippen molar-refractivity contribution >= 4 is 27.8 Å². The zero-order valence-electron chi connectivity index (χ0n) is 18.7. The number of rotatable bonds is 6. The molecule has 7 heteroatoms. The van der Waals surface area contributed by atoms with Crippen LogP contribution >= 0.6 is 0 Å². The van der Waals surface area contributed by atoms with E-state index in [1.807, 2.05) is 12.4 Å². The predicted octanol–water partition coefficient (Wildman–Crippen LogP) is 3.54. The molecule has 1 aliphatic heterocycles. The van der Waals surface area contributed by atoms with Gasteiger partial charge in [0.15, 0.2) is 5.96 Å². The standard InChI is InChI=1S/C26H29N7/c1-2-8-21-19(7-1)20-10-12-27-22(25(20)32-21)17-33(16-15-31-26-29-13-14-30-26)23-9-3-5-18-6-4-11-28-24(18)23/h1-2,4,6-8,10-12,23,32H,3,5,9,13-17H2,(H2,29,30,31). The van der Waals surface area contributed by atoms with Gasteiger partial charge in [-0.3, -0.25) is 19.9 Å². The number of guanidine groups is 1. The highest BCUT2D eigenvalue weighted by atomic mass is 15.2. The fourth-order valence-corrected chi connectivity index (χ4v) is 5.26. The number of fused-ring (bicyclic) bond motifs is 4. The first-order valence-electron chi connectivity index (χ1n) is 11.9. The molecule has 4 heterocycles. The van der Waals surface area contributed by atoms with E-state index in [1.54, 1.807) is 0 Å². The van der Waals surface area contributed by atoms with Gasteiger partial charge in [-0.1, -0.05) is 24.3 Å². The van der Waals surface area contributed by atoms with E-state index in [1.165, 1.54) is 28.5 Å². The average Bonchev–Trinajstić information content (AvgIpc) is 3.51. The third-order valence-electron chi connectivity index (χ3n) is 6.83. The van der Waals surface area contributed by atoms with Crippen LogP contribution in [0.4, 0.5) is 0 Å². The Kier molecular flexibility index (Phi) is 5.40. The summed E-state index contributed by atoms with van der Waals surface area (Å²) in [4.78, 5) is 20.3. The average molecular weight is 440 g/mol. The Morgan fingerprint density at radius 1 is 1.03 bits per heavy atom. The Morgan fingerprint density at radius 2 is 2.00 bits per heavy atom. The van der Waals surface area contributed by atoms with Crippen LogP contribution < -0.4 is 10.6 Å². The fraction of sp³-hybridized carbons (Fsp3) is 0.346. The minimum atomic E-state index is 0.289. The Hall–Kier alpha value is -3.45. The lowest BCUT2D eigenvalue weighted by atomic mass is 9.90. The molecular formula is C26H29N7. The van der Waals surface area contributed by atoms with Crippen LogP contribution in [0.2, 0.25) is 0 Å². The largest absolute Gasteiger partial charge is 0.355 e. The molecule has 1 atom stereocenters. The molecule has 0 fully saturated rings. The molecule has 1 aliphatic carbocycles. The molecule has 33 heavy (non-hydrogen) atoms. The van der Waals surface area contributed by atoms with Gasteiger partial charge in [-0.05, 0) is 43.0 Å². The highest BCUT2D eigenvalue weighted by Gasteiger charge is 2.28. The molecule has 1 aromatic carbocycles. The molecule has 0 bridgehead atoms. The van der Waals surface area contributed by atoms with Crippen LogP contribution in [0.3, 0.4) is 0 Å². The molecule has 2 aliphatic rings. The lowest BCUT2D eigenvalue weighted by Crippen LogP contribution is -2.41. The molecule has 0 amide bonds. The number of aromatic amines is 1. The number of aromatic nitrogens is 3. The number of hydrogen-bond acceptors (Lipinski definition) is 6. The van der Waals surface area contributed by atoms with E-state index in [-0.39, 0.29) is 6.04 Å². The first-order chi connectivity index (χ1) is 16.4. The van der Waals surface area contributed by atoms with Crippen molar-refractivity contribution in [3.05, 3.63) is 71.8 Å². The topological polar surface area (TPSA) is 81.2 Å². The summed E-state index contributed by atoms with van der Waals surface area (Å²) >= 11 is 0. The molecule has 1 unspecified atom stereocenters. The Bertz CT molecular complexity index is 1310. The number of nitrogens with one attached hydrogen (secondary N) is 3. The number of para-hydroxylation sites is 1. The number of aryl methyl sites for hydroxylation is 1. The summed E-state index contributed by atoms with van der Waals surface area (Å²) in [7, 11) is 0. The second kappa shape index (κ2) is 8.83. The third kappa shape index (κ3) is 3.93. The minimum absolute atomic E-state index is 0.289. The molecule has 0 saturated carbocycles. The Morgan fingerprint density at radius 3 is 2.94 bits per heavy atom. The van der Waals surface area contributed by atoms with Crippen LogP contribution in [0.25, 0.3) is 21.8 Å². The molecule has 4 aromatic rings. The van der Waals surface area contributed by atoms with Crippen LogP contribution in [-0.2, 0) is 13.0 Å². The number of H-pyrrole nitrogens is 1. The third-order valence-corrected chi connectivity index (χ3v) is 6.83. The van der Waals surface area contributed by atoms with Crippen molar-refractivity contribution in [3.63, 3.8) is 0 Å². The maximum Gasteiger partial charge on any atom is 0.191 e. The smallest absolute Gasteiger partial charge is 0.191 e. The fourth-order valence-electron chi connectivity index (χ4n) is 5.26. The van der Waals surface area contributed by atoms with Gasteiger partial charge in [0.2, 0.25) is 0 Å². The van der Waals surface area contributed by atoms with Crippen molar-refractivity contribution in [3.8, 4) is 0 Å². The van der Waals surface area contributed by atoms with E-state index >= 15 is 0 Å².